The molecule has 0 heterocycles. The molecular formula is C7H6BrClNRe-. The van der Waals surface area contributed by atoms with E-state index in [0.29, 0.717) is 0 Å². The van der Waals surface area contributed by atoms with Crippen molar-refractivity contribution in [3.63, 3.8) is 0 Å². The molecule has 1 rings (SSSR count). The molecule has 0 aliphatic rings. The van der Waals surface area contributed by atoms with Crippen molar-refractivity contribution >= 4 is 27.5 Å². The molecule has 1 unspecified atom stereocenters. The van der Waals surface area contributed by atoms with Crippen LogP contribution in [0.25, 0.3) is 5.73 Å². The van der Waals surface area contributed by atoms with Gasteiger partial charge in [-0.2, -0.15) is 0 Å². The maximum Gasteiger partial charge on any atom is 0.0204 e. The largest absolute Gasteiger partial charge is 0.658 e. The fourth-order valence-corrected chi connectivity index (χ4v) is 1.52. The van der Waals surface area contributed by atoms with E-state index in [4.69, 9.17) is 17.3 Å². The first kappa shape index (κ1) is 11.6. The van der Waals surface area contributed by atoms with Gasteiger partial charge in [-0.05, 0) is 17.1 Å². The number of nitrogens with one attached hydrogen (secondary N) is 1. The van der Waals surface area contributed by atoms with Gasteiger partial charge in [0, 0.05) is 24.9 Å². The van der Waals surface area contributed by atoms with Crippen LogP contribution in [-0.4, -0.2) is 0 Å². The topological polar surface area (TPSA) is 23.8 Å². The summed E-state index contributed by atoms with van der Waals surface area (Å²) in [7, 11) is 0. The Kier molecular flexibility index (Phi) is 5.59. The fraction of sp³-hybridized carbons (Fsp3) is 0.143. The van der Waals surface area contributed by atoms with E-state index >= 15 is 0 Å². The summed E-state index contributed by atoms with van der Waals surface area (Å²) in [6.07, 6.45) is 0. The summed E-state index contributed by atoms with van der Waals surface area (Å²) < 4.78 is 0.894. The predicted molar refractivity (Wildman–Crippen MR) is 47.1 cm³/mol. The van der Waals surface area contributed by atoms with Gasteiger partial charge in [0.1, 0.15) is 0 Å². The van der Waals surface area contributed by atoms with E-state index in [0.717, 1.165) is 10.0 Å². The molecule has 1 atom stereocenters. The van der Waals surface area contributed by atoms with Crippen LogP contribution in [0.4, 0.5) is 0 Å². The van der Waals surface area contributed by atoms with Gasteiger partial charge in [0.15, 0.2) is 0 Å². The second kappa shape index (κ2) is 5.29. The third kappa shape index (κ3) is 3.23. The second-order valence-electron chi connectivity index (χ2n) is 1.88. The van der Waals surface area contributed by atoms with E-state index < -0.39 is 5.50 Å². The van der Waals surface area contributed by atoms with Crippen molar-refractivity contribution in [2.45, 2.75) is 5.50 Å². The number of alkyl halides is 1. The summed E-state index contributed by atoms with van der Waals surface area (Å²) in [5.41, 5.74) is 7.33. The standard InChI is InChI=1S/C7H6BrClN.Re/c8-6-4-2-1-3-5(6)7(9)10;/h1-4,7,10H;/q-1;. The number of hydrogen-bond donors (Lipinski definition) is 0. The summed E-state index contributed by atoms with van der Waals surface area (Å²) in [6, 6.07) is 7.46. The van der Waals surface area contributed by atoms with Crippen LogP contribution in [0.2, 0.25) is 0 Å². The van der Waals surface area contributed by atoms with E-state index in [-0.39, 0.29) is 20.4 Å². The molecule has 4 heteroatoms. The molecule has 1 radical (unpaired) electrons. The molecule has 1 nitrogen and oxygen atoms in total. The van der Waals surface area contributed by atoms with Crippen molar-refractivity contribution in [1.29, 1.82) is 0 Å². The molecule has 0 saturated heterocycles. The van der Waals surface area contributed by atoms with Crippen LogP contribution in [0.1, 0.15) is 11.1 Å². The van der Waals surface area contributed by atoms with E-state index in [1.54, 1.807) is 0 Å². The third-order valence-electron chi connectivity index (χ3n) is 1.18. The van der Waals surface area contributed by atoms with Crippen LogP contribution in [0.5, 0.6) is 0 Å². The van der Waals surface area contributed by atoms with Crippen LogP contribution in [-0.2, 0) is 20.4 Å². The SMILES string of the molecule is [NH-]C(Cl)c1ccccc1Br.[Re]. The predicted octanol–water partition coefficient (Wildman–Crippen LogP) is 3.74. The molecule has 1 N–H and O–H groups in total. The average Bonchev–Trinajstić information content (AvgIpc) is 1.88. The smallest absolute Gasteiger partial charge is 0.0204 e. The summed E-state index contributed by atoms with van der Waals surface area (Å²) in [4.78, 5) is 0. The van der Waals surface area contributed by atoms with Crippen molar-refractivity contribution in [3.05, 3.63) is 40.0 Å². The zero-order valence-electron chi connectivity index (χ0n) is 5.52. The Labute approximate surface area is 93.1 Å². The number of benzene rings is 1. The first-order chi connectivity index (χ1) is 4.72. The Morgan fingerprint density at radius 2 is 1.91 bits per heavy atom. The average molecular weight is 406 g/mol. The second-order valence-corrected chi connectivity index (χ2v) is 3.17. The Morgan fingerprint density at radius 3 is 2.27 bits per heavy atom. The van der Waals surface area contributed by atoms with Gasteiger partial charge >= 0.3 is 0 Å². The van der Waals surface area contributed by atoms with E-state index in [1.165, 1.54) is 0 Å². The Hall–Kier alpha value is 0.612. The molecule has 0 bridgehead atoms. The van der Waals surface area contributed by atoms with Crippen LogP contribution in [0.15, 0.2) is 28.7 Å². The van der Waals surface area contributed by atoms with Crippen molar-refractivity contribution < 1.29 is 20.4 Å². The molecule has 0 aliphatic heterocycles. The van der Waals surface area contributed by atoms with Crippen LogP contribution >= 0.6 is 27.5 Å². The van der Waals surface area contributed by atoms with Gasteiger partial charge in [0.2, 0.25) is 0 Å². The monoisotopic (exact) mass is 405 g/mol. The number of halogens is 2. The third-order valence-corrected chi connectivity index (χ3v) is 2.14. The summed E-state index contributed by atoms with van der Waals surface area (Å²) in [5.74, 6) is 0. The zero-order valence-corrected chi connectivity index (χ0v) is 10.6. The zero-order chi connectivity index (χ0) is 7.56. The van der Waals surface area contributed by atoms with E-state index in [9.17, 15) is 0 Å². The summed E-state index contributed by atoms with van der Waals surface area (Å²) >= 11 is 8.84. The first-order valence-corrected chi connectivity index (χ1v) is 4.04. The maximum absolute atomic E-state index is 7.19. The normalized spacial score (nSPS) is 11.9. The van der Waals surface area contributed by atoms with Crippen LogP contribution in [0, 0.1) is 0 Å². The molecule has 0 saturated carbocycles. The van der Waals surface area contributed by atoms with Gasteiger partial charge in [-0.3, -0.25) is 0 Å². The van der Waals surface area contributed by atoms with Crippen molar-refractivity contribution in [1.82, 2.24) is 0 Å². The molecule has 0 amide bonds. The fourth-order valence-electron chi connectivity index (χ4n) is 0.681. The maximum atomic E-state index is 7.19. The molecular weight excluding hydrogens is 400 g/mol. The van der Waals surface area contributed by atoms with Crippen LogP contribution < -0.4 is 0 Å². The van der Waals surface area contributed by atoms with Gasteiger partial charge < -0.3 is 5.73 Å². The molecule has 0 aromatic heterocycles. The minimum atomic E-state index is -0.671. The Balaban J connectivity index is 0.000001000. The van der Waals surface area contributed by atoms with Gasteiger partial charge in [-0.25, -0.2) is 0 Å². The van der Waals surface area contributed by atoms with E-state index in [1.807, 2.05) is 24.3 Å². The summed E-state index contributed by atoms with van der Waals surface area (Å²) in [5, 5.41) is 0. The number of hydrogen-bond acceptors (Lipinski definition) is 0. The molecule has 0 spiro atoms. The van der Waals surface area contributed by atoms with Crippen molar-refractivity contribution in [2.24, 2.45) is 0 Å². The Bertz CT molecular complexity index is 229. The molecule has 0 fully saturated rings. The minimum Gasteiger partial charge on any atom is -0.658 e. The molecule has 61 valence electrons. The van der Waals surface area contributed by atoms with Crippen molar-refractivity contribution in [2.75, 3.05) is 0 Å². The van der Waals surface area contributed by atoms with Gasteiger partial charge in [-0.15, -0.1) is 11.6 Å². The Morgan fingerprint density at radius 1 is 1.36 bits per heavy atom. The minimum absolute atomic E-state index is 0. The van der Waals surface area contributed by atoms with Crippen molar-refractivity contribution in [3.8, 4) is 0 Å². The molecule has 1 aromatic rings. The molecule has 11 heavy (non-hydrogen) atoms. The quantitative estimate of drug-likeness (QED) is 0.502. The van der Waals surface area contributed by atoms with Gasteiger partial charge in [0.05, 0.1) is 0 Å². The molecule has 1 aromatic carbocycles. The van der Waals surface area contributed by atoms with Gasteiger partial charge in [-0.1, -0.05) is 34.1 Å². The molecule has 0 aliphatic carbocycles. The van der Waals surface area contributed by atoms with E-state index in [2.05, 4.69) is 15.9 Å². The number of rotatable bonds is 1. The summed E-state index contributed by atoms with van der Waals surface area (Å²) in [6.45, 7) is 0. The van der Waals surface area contributed by atoms with Gasteiger partial charge in [0.25, 0.3) is 0 Å². The van der Waals surface area contributed by atoms with Crippen LogP contribution in [0.3, 0.4) is 0 Å². The first-order valence-electron chi connectivity index (χ1n) is 2.81.